The average molecular weight is 315 g/mol. The first-order chi connectivity index (χ1) is 9.64. The van der Waals surface area contributed by atoms with Crippen LogP contribution in [0.4, 0.5) is 4.39 Å². The summed E-state index contributed by atoms with van der Waals surface area (Å²) in [6.07, 6.45) is 2.55. The lowest BCUT2D eigenvalue weighted by atomic mass is 10.0. The summed E-state index contributed by atoms with van der Waals surface area (Å²) < 4.78 is 19.5. The molecule has 1 saturated heterocycles. The van der Waals surface area contributed by atoms with Crippen LogP contribution in [0.1, 0.15) is 31.2 Å². The molecular formula is C15H20ClFN2O2. The number of hydrogen-bond donors (Lipinski definition) is 2. The van der Waals surface area contributed by atoms with Gasteiger partial charge in [-0.2, -0.15) is 0 Å². The van der Waals surface area contributed by atoms with E-state index < -0.39 is 11.6 Å². The molecule has 0 spiro atoms. The number of nitrogens with one attached hydrogen (secondary N) is 1. The van der Waals surface area contributed by atoms with Crippen LogP contribution in [-0.4, -0.2) is 24.7 Å². The molecule has 0 radical (unpaired) electrons. The third-order valence-corrected chi connectivity index (χ3v) is 4.16. The number of nitrogens with two attached hydrogens (primary N) is 1. The van der Waals surface area contributed by atoms with Crippen molar-refractivity contribution in [3.63, 3.8) is 0 Å². The lowest BCUT2D eigenvalue weighted by Gasteiger charge is -2.21. The van der Waals surface area contributed by atoms with Crippen molar-refractivity contribution in [1.29, 1.82) is 0 Å². The Hall–Kier alpha value is -1.17. The smallest absolute Gasteiger partial charge is 0.249 e. The Kier molecular flexibility index (Phi) is 4.86. The minimum absolute atomic E-state index is 0. The van der Waals surface area contributed by atoms with Crippen molar-refractivity contribution < 1.29 is 13.9 Å². The second-order valence-corrected chi connectivity index (χ2v) is 5.61. The number of ether oxygens (including phenoxy) is 1. The largest absolute Gasteiger partial charge is 0.364 e. The Bertz CT molecular complexity index is 522. The van der Waals surface area contributed by atoms with Crippen molar-refractivity contribution in [2.75, 3.05) is 6.54 Å². The van der Waals surface area contributed by atoms with Crippen LogP contribution in [0.15, 0.2) is 24.3 Å². The maximum atomic E-state index is 13.9. The third-order valence-electron chi connectivity index (χ3n) is 4.16. The molecule has 2 fully saturated rings. The van der Waals surface area contributed by atoms with Crippen LogP contribution in [0, 0.1) is 5.82 Å². The topological polar surface area (TPSA) is 64.4 Å². The molecule has 1 aliphatic heterocycles. The Balaban J connectivity index is 0.00000161. The highest BCUT2D eigenvalue weighted by Crippen LogP contribution is 2.46. The third kappa shape index (κ3) is 3.20. The van der Waals surface area contributed by atoms with E-state index in [4.69, 9.17) is 10.5 Å². The van der Waals surface area contributed by atoms with Crippen LogP contribution in [0.5, 0.6) is 0 Å². The van der Waals surface area contributed by atoms with Crippen molar-refractivity contribution in [2.45, 2.75) is 43.4 Å². The van der Waals surface area contributed by atoms with Gasteiger partial charge in [-0.05, 0) is 31.7 Å². The van der Waals surface area contributed by atoms with Gasteiger partial charge in [-0.3, -0.25) is 4.79 Å². The van der Waals surface area contributed by atoms with E-state index in [2.05, 4.69) is 5.32 Å². The van der Waals surface area contributed by atoms with E-state index in [-0.39, 0.29) is 30.2 Å². The first kappa shape index (κ1) is 16.2. The van der Waals surface area contributed by atoms with E-state index in [1.54, 1.807) is 18.2 Å². The second kappa shape index (κ2) is 6.30. The quantitative estimate of drug-likeness (QED) is 0.891. The van der Waals surface area contributed by atoms with E-state index in [9.17, 15) is 9.18 Å². The van der Waals surface area contributed by atoms with Gasteiger partial charge in [-0.15, -0.1) is 12.4 Å². The van der Waals surface area contributed by atoms with Crippen molar-refractivity contribution in [3.05, 3.63) is 35.6 Å². The van der Waals surface area contributed by atoms with Gasteiger partial charge in [0, 0.05) is 12.1 Å². The molecule has 1 saturated carbocycles. The monoisotopic (exact) mass is 314 g/mol. The fourth-order valence-electron chi connectivity index (χ4n) is 2.82. The summed E-state index contributed by atoms with van der Waals surface area (Å²) in [6, 6.07) is 6.61. The first-order valence-corrected chi connectivity index (χ1v) is 7.07. The molecule has 116 valence electrons. The molecule has 1 aromatic rings. The number of benzene rings is 1. The van der Waals surface area contributed by atoms with E-state index in [1.807, 2.05) is 0 Å². The SMILES string of the molecule is Cl.NC[C@H]1CC[C@@H](C(=O)NC2(c3ccccc3F)CC2)O1. The number of rotatable bonds is 4. The van der Waals surface area contributed by atoms with Gasteiger partial charge in [0.05, 0.1) is 11.6 Å². The van der Waals surface area contributed by atoms with Crippen molar-refractivity contribution in [2.24, 2.45) is 5.73 Å². The molecule has 1 aromatic carbocycles. The lowest BCUT2D eigenvalue weighted by Crippen LogP contribution is -2.42. The highest BCUT2D eigenvalue weighted by Gasteiger charge is 2.48. The van der Waals surface area contributed by atoms with Gasteiger partial charge >= 0.3 is 0 Å². The van der Waals surface area contributed by atoms with Crippen molar-refractivity contribution in [1.82, 2.24) is 5.32 Å². The highest BCUT2D eigenvalue weighted by atomic mass is 35.5. The molecule has 4 nitrogen and oxygen atoms in total. The van der Waals surface area contributed by atoms with Crippen LogP contribution >= 0.6 is 12.4 Å². The molecule has 1 amide bonds. The Morgan fingerprint density at radius 2 is 2.10 bits per heavy atom. The Morgan fingerprint density at radius 3 is 2.67 bits per heavy atom. The maximum absolute atomic E-state index is 13.9. The molecule has 6 heteroatoms. The number of halogens is 2. The van der Waals surface area contributed by atoms with E-state index in [1.165, 1.54) is 6.07 Å². The van der Waals surface area contributed by atoms with Gasteiger partial charge < -0.3 is 15.8 Å². The summed E-state index contributed by atoms with van der Waals surface area (Å²) >= 11 is 0. The van der Waals surface area contributed by atoms with Gasteiger partial charge in [0.15, 0.2) is 0 Å². The lowest BCUT2D eigenvalue weighted by molar-refractivity contribution is -0.133. The Labute approximate surface area is 129 Å². The highest BCUT2D eigenvalue weighted by molar-refractivity contribution is 5.85. The number of carbonyl (C=O) groups excluding carboxylic acids is 1. The van der Waals surface area contributed by atoms with E-state index in [0.717, 1.165) is 19.3 Å². The van der Waals surface area contributed by atoms with Gasteiger partial charge in [0.2, 0.25) is 5.91 Å². The predicted octanol–water partition coefficient (Wildman–Crippen LogP) is 1.86. The molecule has 1 heterocycles. The summed E-state index contributed by atoms with van der Waals surface area (Å²) in [5.74, 6) is -0.417. The number of carbonyl (C=O) groups is 1. The van der Waals surface area contributed by atoms with Crippen LogP contribution in [0.3, 0.4) is 0 Å². The van der Waals surface area contributed by atoms with Gasteiger partial charge in [0.25, 0.3) is 0 Å². The standard InChI is InChI=1S/C15H19FN2O2.ClH/c16-12-4-2-1-3-11(12)15(7-8-15)18-14(19)13-6-5-10(9-17)20-13;/h1-4,10,13H,5-9,17H2,(H,18,19);1H/t10-,13+;/m1./s1. The second-order valence-electron chi connectivity index (χ2n) is 5.61. The van der Waals surface area contributed by atoms with Crippen LogP contribution < -0.4 is 11.1 Å². The van der Waals surface area contributed by atoms with Gasteiger partial charge in [-0.1, -0.05) is 18.2 Å². The molecule has 3 rings (SSSR count). The number of hydrogen-bond acceptors (Lipinski definition) is 3. The number of amides is 1. The van der Waals surface area contributed by atoms with Gasteiger partial charge in [0.1, 0.15) is 11.9 Å². The average Bonchev–Trinajstić information content (AvgIpc) is 3.05. The summed E-state index contributed by atoms with van der Waals surface area (Å²) in [6.45, 7) is 0.433. The molecular weight excluding hydrogens is 295 g/mol. The van der Waals surface area contributed by atoms with Gasteiger partial charge in [-0.25, -0.2) is 4.39 Å². The summed E-state index contributed by atoms with van der Waals surface area (Å²) in [5, 5.41) is 2.97. The van der Waals surface area contributed by atoms with Crippen molar-refractivity contribution in [3.8, 4) is 0 Å². The molecule has 0 unspecified atom stereocenters. The zero-order chi connectivity index (χ0) is 14.2. The maximum Gasteiger partial charge on any atom is 0.249 e. The predicted molar refractivity (Wildman–Crippen MR) is 79.7 cm³/mol. The molecule has 21 heavy (non-hydrogen) atoms. The first-order valence-electron chi connectivity index (χ1n) is 7.07. The zero-order valence-electron chi connectivity index (χ0n) is 11.7. The van der Waals surface area contributed by atoms with Crippen molar-refractivity contribution >= 4 is 18.3 Å². The van der Waals surface area contributed by atoms with Crippen LogP contribution in [-0.2, 0) is 15.1 Å². The normalized spacial score (nSPS) is 26.0. The molecule has 0 aromatic heterocycles. The van der Waals surface area contributed by atoms with E-state index in [0.29, 0.717) is 18.5 Å². The fourth-order valence-corrected chi connectivity index (χ4v) is 2.82. The molecule has 3 N–H and O–H groups in total. The summed E-state index contributed by atoms with van der Waals surface area (Å²) in [4.78, 5) is 12.2. The summed E-state index contributed by atoms with van der Waals surface area (Å²) in [7, 11) is 0. The van der Waals surface area contributed by atoms with Crippen LogP contribution in [0.2, 0.25) is 0 Å². The molecule has 2 atom stereocenters. The fraction of sp³-hybridized carbons (Fsp3) is 0.533. The zero-order valence-corrected chi connectivity index (χ0v) is 12.5. The molecule has 1 aliphatic carbocycles. The Morgan fingerprint density at radius 1 is 1.38 bits per heavy atom. The minimum Gasteiger partial charge on any atom is -0.364 e. The molecule has 2 aliphatic rings. The minimum atomic E-state index is -0.535. The summed E-state index contributed by atoms with van der Waals surface area (Å²) in [5.41, 5.74) is 5.58. The van der Waals surface area contributed by atoms with Crippen LogP contribution in [0.25, 0.3) is 0 Å². The molecule has 0 bridgehead atoms. The van der Waals surface area contributed by atoms with E-state index >= 15 is 0 Å².